The molecule has 0 saturated heterocycles. The van der Waals surface area contributed by atoms with Gasteiger partial charge in [0.05, 0.1) is 13.2 Å². The van der Waals surface area contributed by atoms with Crippen molar-refractivity contribution in [3.8, 4) is 22.6 Å². The number of ether oxygens (including phenoxy) is 2. The maximum atomic E-state index is 5.87. The van der Waals surface area contributed by atoms with Gasteiger partial charge in [0, 0.05) is 17.7 Å². The van der Waals surface area contributed by atoms with Crippen LogP contribution in [0.5, 0.6) is 11.5 Å². The highest BCUT2D eigenvalue weighted by Crippen LogP contribution is 2.33. The fourth-order valence-corrected chi connectivity index (χ4v) is 2.17. The Morgan fingerprint density at radius 3 is 2.45 bits per heavy atom. The smallest absolute Gasteiger partial charge is 0.127 e. The molecule has 0 heterocycles. The lowest BCUT2D eigenvalue weighted by Crippen LogP contribution is -2.06. The van der Waals surface area contributed by atoms with Gasteiger partial charge in [0.25, 0.3) is 0 Å². The number of rotatable bonds is 5. The number of para-hydroxylation sites is 1. The quantitative estimate of drug-likeness (QED) is 0.903. The standard InChI is InChI=1S/C17H21NO2/c1-12(2)20-17-7-5-4-6-15(17)13-8-9-16(19-3)14(10-13)11-18/h4-10,12H,11,18H2,1-3H3. The molecule has 3 nitrogen and oxygen atoms in total. The summed E-state index contributed by atoms with van der Waals surface area (Å²) < 4.78 is 11.2. The number of hydrogen-bond donors (Lipinski definition) is 1. The molecule has 2 N–H and O–H groups in total. The summed E-state index contributed by atoms with van der Waals surface area (Å²) in [6.07, 6.45) is 0.142. The van der Waals surface area contributed by atoms with Crippen LogP contribution in [0.1, 0.15) is 19.4 Å². The molecule has 0 bridgehead atoms. The first-order valence-electron chi connectivity index (χ1n) is 6.78. The first kappa shape index (κ1) is 14.4. The van der Waals surface area contributed by atoms with E-state index in [9.17, 15) is 0 Å². The highest BCUT2D eigenvalue weighted by molar-refractivity contribution is 5.71. The van der Waals surface area contributed by atoms with Crippen molar-refractivity contribution >= 4 is 0 Å². The van der Waals surface area contributed by atoms with E-state index >= 15 is 0 Å². The summed E-state index contributed by atoms with van der Waals surface area (Å²) in [4.78, 5) is 0. The van der Waals surface area contributed by atoms with Crippen LogP contribution in [-0.4, -0.2) is 13.2 Å². The molecule has 20 heavy (non-hydrogen) atoms. The predicted octanol–water partition coefficient (Wildman–Crippen LogP) is 3.61. The van der Waals surface area contributed by atoms with Gasteiger partial charge in [-0.05, 0) is 37.6 Å². The van der Waals surface area contributed by atoms with Crippen LogP contribution < -0.4 is 15.2 Å². The molecule has 0 spiro atoms. The third-order valence-corrected chi connectivity index (χ3v) is 3.06. The Balaban J connectivity index is 2.46. The SMILES string of the molecule is COc1ccc(-c2ccccc2OC(C)C)cc1CN. The maximum Gasteiger partial charge on any atom is 0.127 e. The summed E-state index contributed by atoms with van der Waals surface area (Å²) in [5.74, 6) is 1.70. The van der Waals surface area contributed by atoms with Gasteiger partial charge in [0.2, 0.25) is 0 Å². The van der Waals surface area contributed by atoms with Gasteiger partial charge in [-0.3, -0.25) is 0 Å². The molecule has 0 radical (unpaired) electrons. The van der Waals surface area contributed by atoms with Crippen LogP contribution in [0.3, 0.4) is 0 Å². The third kappa shape index (κ3) is 3.11. The van der Waals surface area contributed by atoms with Crippen molar-refractivity contribution in [3.63, 3.8) is 0 Å². The Labute approximate surface area is 120 Å². The molecule has 0 amide bonds. The van der Waals surface area contributed by atoms with Crippen LogP contribution >= 0.6 is 0 Å². The molecule has 0 saturated carbocycles. The van der Waals surface area contributed by atoms with E-state index in [1.165, 1.54) is 0 Å². The van der Waals surface area contributed by atoms with Crippen LogP contribution in [-0.2, 0) is 6.54 Å². The Morgan fingerprint density at radius 2 is 1.80 bits per heavy atom. The van der Waals surface area contributed by atoms with Crippen molar-refractivity contribution in [2.24, 2.45) is 5.73 Å². The summed E-state index contributed by atoms with van der Waals surface area (Å²) in [6.45, 7) is 4.50. The van der Waals surface area contributed by atoms with Crippen LogP contribution in [0, 0.1) is 0 Å². The van der Waals surface area contributed by atoms with Crippen molar-refractivity contribution in [1.82, 2.24) is 0 Å². The molecule has 2 rings (SSSR count). The van der Waals surface area contributed by atoms with Crippen LogP contribution in [0.25, 0.3) is 11.1 Å². The number of hydrogen-bond acceptors (Lipinski definition) is 3. The number of benzene rings is 2. The van der Waals surface area contributed by atoms with Gasteiger partial charge in [-0.15, -0.1) is 0 Å². The molecule has 106 valence electrons. The Bertz CT molecular complexity index is 579. The van der Waals surface area contributed by atoms with Gasteiger partial charge in [-0.1, -0.05) is 24.3 Å². The van der Waals surface area contributed by atoms with E-state index in [0.717, 1.165) is 28.2 Å². The van der Waals surface area contributed by atoms with Crippen molar-refractivity contribution < 1.29 is 9.47 Å². The van der Waals surface area contributed by atoms with E-state index in [1.54, 1.807) is 7.11 Å². The molecule has 0 atom stereocenters. The second-order valence-corrected chi connectivity index (χ2v) is 4.89. The summed E-state index contributed by atoms with van der Waals surface area (Å²) in [7, 11) is 1.66. The lowest BCUT2D eigenvalue weighted by atomic mass is 10.0. The van der Waals surface area contributed by atoms with Crippen molar-refractivity contribution in [1.29, 1.82) is 0 Å². The van der Waals surface area contributed by atoms with Gasteiger partial charge in [0.1, 0.15) is 11.5 Å². The van der Waals surface area contributed by atoms with E-state index in [2.05, 4.69) is 12.1 Å². The molecule has 3 heteroatoms. The summed E-state index contributed by atoms with van der Waals surface area (Å²) in [6, 6.07) is 14.1. The van der Waals surface area contributed by atoms with Crippen LogP contribution in [0.2, 0.25) is 0 Å². The molecular weight excluding hydrogens is 250 g/mol. The minimum atomic E-state index is 0.142. The Hall–Kier alpha value is -2.00. The van der Waals surface area contributed by atoms with Crippen molar-refractivity contribution in [2.75, 3.05) is 7.11 Å². The maximum absolute atomic E-state index is 5.87. The van der Waals surface area contributed by atoms with Crippen LogP contribution in [0.15, 0.2) is 42.5 Å². The normalized spacial score (nSPS) is 10.7. The molecule has 0 aliphatic carbocycles. The highest BCUT2D eigenvalue weighted by atomic mass is 16.5. The zero-order valence-corrected chi connectivity index (χ0v) is 12.2. The van der Waals surface area contributed by atoms with Gasteiger partial charge in [0.15, 0.2) is 0 Å². The summed E-state index contributed by atoms with van der Waals surface area (Å²) in [5.41, 5.74) is 8.92. The lowest BCUT2D eigenvalue weighted by Gasteiger charge is -2.15. The van der Waals surface area contributed by atoms with Crippen molar-refractivity contribution in [3.05, 3.63) is 48.0 Å². The largest absolute Gasteiger partial charge is 0.496 e. The first-order valence-corrected chi connectivity index (χ1v) is 6.78. The minimum absolute atomic E-state index is 0.142. The van der Waals surface area contributed by atoms with Gasteiger partial charge in [-0.2, -0.15) is 0 Å². The van der Waals surface area contributed by atoms with E-state index in [1.807, 2.05) is 44.2 Å². The minimum Gasteiger partial charge on any atom is -0.496 e. The van der Waals surface area contributed by atoms with E-state index < -0.39 is 0 Å². The van der Waals surface area contributed by atoms with Gasteiger partial charge in [-0.25, -0.2) is 0 Å². The fraction of sp³-hybridized carbons (Fsp3) is 0.294. The monoisotopic (exact) mass is 271 g/mol. The third-order valence-electron chi connectivity index (χ3n) is 3.06. The predicted molar refractivity (Wildman–Crippen MR) is 82.1 cm³/mol. The zero-order chi connectivity index (χ0) is 14.5. The average molecular weight is 271 g/mol. The Morgan fingerprint density at radius 1 is 1.05 bits per heavy atom. The molecule has 0 unspecified atom stereocenters. The molecule has 2 aromatic rings. The van der Waals surface area contributed by atoms with E-state index in [0.29, 0.717) is 6.54 Å². The zero-order valence-electron chi connectivity index (χ0n) is 12.2. The number of methoxy groups -OCH3 is 1. The first-order chi connectivity index (χ1) is 9.65. The highest BCUT2D eigenvalue weighted by Gasteiger charge is 2.10. The van der Waals surface area contributed by atoms with E-state index in [4.69, 9.17) is 15.2 Å². The van der Waals surface area contributed by atoms with Gasteiger partial charge < -0.3 is 15.2 Å². The molecule has 0 aromatic heterocycles. The topological polar surface area (TPSA) is 44.5 Å². The van der Waals surface area contributed by atoms with Crippen LogP contribution in [0.4, 0.5) is 0 Å². The Kier molecular flexibility index (Phi) is 4.64. The second kappa shape index (κ2) is 6.44. The molecule has 2 aromatic carbocycles. The lowest BCUT2D eigenvalue weighted by molar-refractivity contribution is 0.243. The average Bonchev–Trinajstić information content (AvgIpc) is 2.46. The van der Waals surface area contributed by atoms with Crippen molar-refractivity contribution in [2.45, 2.75) is 26.5 Å². The molecule has 0 aliphatic heterocycles. The van der Waals surface area contributed by atoms with Gasteiger partial charge >= 0.3 is 0 Å². The molecule has 0 fully saturated rings. The number of nitrogens with two attached hydrogens (primary N) is 1. The molecular formula is C17H21NO2. The fourth-order valence-electron chi connectivity index (χ4n) is 2.17. The summed E-state index contributed by atoms with van der Waals surface area (Å²) >= 11 is 0. The summed E-state index contributed by atoms with van der Waals surface area (Å²) in [5, 5.41) is 0. The van der Waals surface area contributed by atoms with E-state index in [-0.39, 0.29) is 6.10 Å². The molecule has 0 aliphatic rings. The second-order valence-electron chi connectivity index (χ2n) is 4.89.